The van der Waals surface area contributed by atoms with E-state index in [1.54, 1.807) is 18.2 Å². The van der Waals surface area contributed by atoms with Crippen LogP contribution in [0.4, 0.5) is 13.2 Å². The molecule has 0 aromatic heterocycles. The van der Waals surface area contributed by atoms with Crippen LogP contribution in [-0.2, 0) is 0 Å². The monoisotopic (exact) mass is 352 g/mol. The van der Waals surface area contributed by atoms with Gasteiger partial charge in [-0.05, 0) is 17.7 Å². The summed E-state index contributed by atoms with van der Waals surface area (Å²) in [5, 5.41) is 3.17. The van der Waals surface area contributed by atoms with Crippen LogP contribution in [0.2, 0.25) is 0 Å². The summed E-state index contributed by atoms with van der Waals surface area (Å²) in [4.78, 5) is 1.88. The van der Waals surface area contributed by atoms with E-state index >= 15 is 0 Å². The van der Waals surface area contributed by atoms with Crippen molar-refractivity contribution in [2.45, 2.75) is 18.6 Å². The Morgan fingerprint density at radius 1 is 1.09 bits per heavy atom. The zero-order valence-corrected chi connectivity index (χ0v) is 13.4. The SMILES string of the molecule is Cl.FC(F)(F)C[C@@H](c1ccc2c(c1)OCCO2)N1CCNCC1. The van der Waals surface area contributed by atoms with Gasteiger partial charge in [-0.2, -0.15) is 13.2 Å². The van der Waals surface area contributed by atoms with Gasteiger partial charge in [0, 0.05) is 32.2 Å². The highest BCUT2D eigenvalue weighted by Crippen LogP contribution is 2.38. The first-order chi connectivity index (χ1) is 10.5. The molecule has 4 nitrogen and oxygen atoms in total. The Kier molecular flexibility index (Phi) is 6.00. The largest absolute Gasteiger partial charge is 0.486 e. The average molecular weight is 353 g/mol. The molecule has 1 saturated heterocycles. The highest BCUT2D eigenvalue weighted by molar-refractivity contribution is 5.85. The van der Waals surface area contributed by atoms with Crippen LogP contribution < -0.4 is 14.8 Å². The maximum Gasteiger partial charge on any atom is 0.390 e. The van der Waals surface area contributed by atoms with E-state index in [-0.39, 0.29) is 12.4 Å². The summed E-state index contributed by atoms with van der Waals surface area (Å²) in [6.07, 6.45) is -5.06. The number of benzene rings is 1. The molecule has 1 aromatic carbocycles. The molecule has 8 heteroatoms. The van der Waals surface area contributed by atoms with Crippen LogP contribution in [0.5, 0.6) is 11.5 Å². The second kappa shape index (κ2) is 7.59. The Morgan fingerprint density at radius 2 is 1.74 bits per heavy atom. The van der Waals surface area contributed by atoms with Crippen molar-refractivity contribution in [2.75, 3.05) is 39.4 Å². The first kappa shape index (κ1) is 18.2. The maximum absolute atomic E-state index is 13.0. The molecule has 1 atom stereocenters. The second-order valence-corrected chi connectivity index (χ2v) is 5.52. The highest BCUT2D eigenvalue weighted by atomic mass is 35.5. The molecule has 130 valence electrons. The van der Waals surface area contributed by atoms with Gasteiger partial charge in [0.1, 0.15) is 13.2 Å². The number of hydrogen-bond donors (Lipinski definition) is 1. The first-order valence-corrected chi connectivity index (χ1v) is 7.44. The molecule has 0 aliphatic carbocycles. The zero-order chi connectivity index (χ0) is 15.6. The first-order valence-electron chi connectivity index (χ1n) is 7.44. The third kappa shape index (κ3) is 4.65. The van der Waals surface area contributed by atoms with Crippen LogP contribution in [0.25, 0.3) is 0 Å². The average Bonchev–Trinajstić information content (AvgIpc) is 2.52. The van der Waals surface area contributed by atoms with Crippen LogP contribution in [0.3, 0.4) is 0 Å². The van der Waals surface area contributed by atoms with Gasteiger partial charge in [-0.15, -0.1) is 12.4 Å². The Balaban J connectivity index is 0.00000192. The number of hydrogen-bond acceptors (Lipinski definition) is 4. The van der Waals surface area contributed by atoms with Gasteiger partial charge in [0.15, 0.2) is 11.5 Å². The fourth-order valence-corrected chi connectivity index (χ4v) is 2.94. The summed E-state index contributed by atoms with van der Waals surface area (Å²) >= 11 is 0. The van der Waals surface area contributed by atoms with Crippen molar-refractivity contribution in [3.8, 4) is 11.5 Å². The highest BCUT2D eigenvalue weighted by Gasteiger charge is 2.36. The normalized spacial score (nSPS) is 19.8. The number of ether oxygens (including phenoxy) is 2. The molecule has 23 heavy (non-hydrogen) atoms. The molecule has 3 rings (SSSR count). The van der Waals surface area contributed by atoms with Crippen molar-refractivity contribution in [3.63, 3.8) is 0 Å². The minimum Gasteiger partial charge on any atom is -0.486 e. The van der Waals surface area contributed by atoms with E-state index in [2.05, 4.69) is 5.32 Å². The summed E-state index contributed by atoms with van der Waals surface area (Å²) in [5.41, 5.74) is 0.628. The van der Waals surface area contributed by atoms with Gasteiger partial charge in [0.2, 0.25) is 0 Å². The Hall–Kier alpha value is -1.18. The van der Waals surface area contributed by atoms with E-state index in [9.17, 15) is 13.2 Å². The van der Waals surface area contributed by atoms with Crippen molar-refractivity contribution < 1.29 is 22.6 Å². The summed E-state index contributed by atoms with van der Waals surface area (Å²) in [7, 11) is 0. The van der Waals surface area contributed by atoms with Crippen molar-refractivity contribution in [1.82, 2.24) is 10.2 Å². The van der Waals surface area contributed by atoms with Gasteiger partial charge >= 0.3 is 6.18 Å². The minimum absolute atomic E-state index is 0. The van der Waals surface area contributed by atoms with Gasteiger partial charge in [0.05, 0.1) is 6.42 Å². The molecular weight excluding hydrogens is 333 g/mol. The van der Waals surface area contributed by atoms with Crippen molar-refractivity contribution in [3.05, 3.63) is 23.8 Å². The van der Waals surface area contributed by atoms with E-state index in [1.807, 2.05) is 4.90 Å². The molecular formula is C15H20ClF3N2O2. The third-order valence-electron chi connectivity index (χ3n) is 3.97. The standard InChI is InChI=1S/C15H19F3N2O2.ClH/c16-15(17,18)10-12(20-5-3-19-4-6-20)11-1-2-13-14(9-11)22-8-7-21-13;/h1-2,9,12,19H,3-8,10H2;1H/t12-;/m0./s1. The van der Waals surface area contributed by atoms with Crippen molar-refractivity contribution in [1.29, 1.82) is 0 Å². The Labute approximate surface area is 139 Å². The number of halogens is 4. The number of piperazine rings is 1. The van der Waals surface area contributed by atoms with E-state index in [4.69, 9.17) is 9.47 Å². The molecule has 2 heterocycles. The minimum atomic E-state index is -4.21. The lowest BCUT2D eigenvalue weighted by Gasteiger charge is -2.36. The van der Waals surface area contributed by atoms with Crippen LogP contribution in [0.15, 0.2) is 18.2 Å². The molecule has 0 bridgehead atoms. The Morgan fingerprint density at radius 3 is 2.39 bits per heavy atom. The number of nitrogens with zero attached hydrogens (tertiary/aromatic N) is 1. The number of nitrogens with one attached hydrogen (secondary N) is 1. The molecule has 0 unspecified atom stereocenters. The lowest BCUT2D eigenvalue weighted by molar-refractivity contribution is -0.148. The molecule has 0 spiro atoms. The summed E-state index contributed by atoms with van der Waals surface area (Å²) < 4.78 is 49.9. The van der Waals surface area contributed by atoms with Crippen LogP contribution >= 0.6 is 12.4 Å². The van der Waals surface area contributed by atoms with Crippen molar-refractivity contribution in [2.24, 2.45) is 0 Å². The maximum atomic E-state index is 13.0. The van der Waals surface area contributed by atoms with Gasteiger partial charge in [-0.3, -0.25) is 4.90 Å². The fourth-order valence-electron chi connectivity index (χ4n) is 2.94. The molecule has 0 amide bonds. The number of alkyl halides is 3. The molecule has 2 aliphatic heterocycles. The van der Waals surface area contributed by atoms with Crippen LogP contribution in [0, 0.1) is 0 Å². The molecule has 1 N–H and O–H groups in total. The van der Waals surface area contributed by atoms with E-state index in [0.717, 1.165) is 0 Å². The van der Waals surface area contributed by atoms with E-state index in [1.165, 1.54) is 0 Å². The lowest BCUT2D eigenvalue weighted by atomic mass is 10.00. The molecule has 1 fully saturated rings. The summed E-state index contributed by atoms with van der Waals surface area (Å²) in [6.45, 7) is 3.52. The van der Waals surface area contributed by atoms with Gasteiger partial charge in [-0.1, -0.05) is 6.07 Å². The van der Waals surface area contributed by atoms with Gasteiger partial charge < -0.3 is 14.8 Å². The number of rotatable bonds is 3. The second-order valence-electron chi connectivity index (χ2n) is 5.52. The quantitative estimate of drug-likeness (QED) is 0.907. The van der Waals surface area contributed by atoms with E-state index < -0.39 is 18.6 Å². The lowest BCUT2D eigenvalue weighted by Crippen LogP contribution is -2.46. The fraction of sp³-hybridized carbons (Fsp3) is 0.600. The molecule has 2 aliphatic rings. The zero-order valence-electron chi connectivity index (χ0n) is 12.6. The third-order valence-corrected chi connectivity index (χ3v) is 3.97. The smallest absolute Gasteiger partial charge is 0.390 e. The molecule has 0 saturated carbocycles. The van der Waals surface area contributed by atoms with Crippen LogP contribution in [-0.4, -0.2) is 50.5 Å². The van der Waals surface area contributed by atoms with Crippen molar-refractivity contribution >= 4 is 12.4 Å². The number of fused-ring (bicyclic) bond motifs is 1. The summed E-state index contributed by atoms with van der Waals surface area (Å²) in [6, 6.07) is 4.42. The van der Waals surface area contributed by atoms with Gasteiger partial charge in [-0.25, -0.2) is 0 Å². The summed E-state index contributed by atoms with van der Waals surface area (Å²) in [5.74, 6) is 1.13. The predicted molar refractivity (Wildman–Crippen MR) is 82.5 cm³/mol. The molecule has 0 radical (unpaired) electrons. The van der Waals surface area contributed by atoms with Gasteiger partial charge in [0.25, 0.3) is 0 Å². The predicted octanol–water partition coefficient (Wildman–Crippen LogP) is 2.78. The topological polar surface area (TPSA) is 33.7 Å². The van der Waals surface area contributed by atoms with E-state index in [0.29, 0.717) is 56.5 Å². The Bertz CT molecular complexity index is 522. The van der Waals surface area contributed by atoms with Crippen LogP contribution in [0.1, 0.15) is 18.0 Å². The molecule has 1 aromatic rings.